The average molecular weight is 310 g/mol. The van der Waals surface area contributed by atoms with E-state index in [-0.39, 0.29) is 17.8 Å². The van der Waals surface area contributed by atoms with Gasteiger partial charge in [-0.3, -0.25) is 14.4 Å². The molecule has 0 radical (unpaired) electrons. The minimum Gasteiger partial charge on any atom is -0.368 e. The summed E-state index contributed by atoms with van der Waals surface area (Å²) in [6.45, 7) is 0. The Morgan fingerprint density at radius 2 is 2.05 bits per heavy atom. The van der Waals surface area contributed by atoms with Crippen LogP contribution in [0.25, 0.3) is 0 Å². The van der Waals surface area contributed by atoms with Gasteiger partial charge in [-0.1, -0.05) is 0 Å². The summed E-state index contributed by atoms with van der Waals surface area (Å²) in [7, 11) is 0. The number of rotatable bonds is 4. The molecule has 0 aliphatic heterocycles. The second-order valence-corrected chi connectivity index (χ2v) is 5.37. The predicted octanol–water partition coefficient (Wildman–Crippen LogP) is 1.31. The fourth-order valence-corrected chi connectivity index (χ4v) is 2.66. The first-order chi connectivity index (χ1) is 10.4. The second kappa shape index (κ2) is 6.64. The maximum Gasteiger partial charge on any atom is 0.254 e. The van der Waals surface area contributed by atoms with Crippen LogP contribution in [0.5, 0.6) is 0 Å². The van der Waals surface area contributed by atoms with Crippen LogP contribution in [0.1, 0.15) is 36.0 Å². The van der Waals surface area contributed by atoms with Crippen LogP contribution in [0.15, 0.2) is 18.2 Å². The SMILES string of the molecule is NC(=O)[C@H](NC(=O)c1ccc(F)cc1F)[C@H]1CCCC(=O)C1. The van der Waals surface area contributed by atoms with E-state index in [1.807, 2.05) is 0 Å². The highest BCUT2D eigenvalue weighted by Gasteiger charge is 2.32. The van der Waals surface area contributed by atoms with Crippen LogP contribution in [0, 0.1) is 17.6 Å². The minimum atomic E-state index is -1.05. The van der Waals surface area contributed by atoms with E-state index >= 15 is 0 Å². The van der Waals surface area contributed by atoms with Crippen molar-refractivity contribution in [3.63, 3.8) is 0 Å². The lowest BCUT2D eigenvalue weighted by molar-refractivity contribution is -0.124. The number of nitrogens with two attached hydrogens (primary N) is 1. The lowest BCUT2D eigenvalue weighted by Gasteiger charge is -2.28. The molecule has 1 aromatic carbocycles. The number of nitrogens with one attached hydrogen (secondary N) is 1. The van der Waals surface area contributed by atoms with Gasteiger partial charge in [0.15, 0.2) is 0 Å². The Morgan fingerprint density at radius 3 is 2.64 bits per heavy atom. The Morgan fingerprint density at radius 1 is 1.32 bits per heavy atom. The monoisotopic (exact) mass is 310 g/mol. The van der Waals surface area contributed by atoms with Gasteiger partial charge < -0.3 is 11.1 Å². The van der Waals surface area contributed by atoms with Crippen LogP contribution < -0.4 is 11.1 Å². The molecule has 0 heterocycles. The van der Waals surface area contributed by atoms with E-state index in [1.54, 1.807) is 0 Å². The number of ketones is 1. The summed E-state index contributed by atoms with van der Waals surface area (Å²) in [5, 5.41) is 2.36. The van der Waals surface area contributed by atoms with Crippen LogP contribution in [0.4, 0.5) is 8.78 Å². The van der Waals surface area contributed by atoms with Crippen LogP contribution in [-0.4, -0.2) is 23.6 Å². The van der Waals surface area contributed by atoms with Gasteiger partial charge in [-0.15, -0.1) is 0 Å². The molecule has 1 aromatic rings. The average Bonchev–Trinajstić information content (AvgIpc) is 2.44. The van der Waals surface area contributed by atoms with E-state index in [4.69, 9.17) is 5.73 Å². The van der Waals surface area contributed by atoms with Crippen molar-refractivity contribution in [2.45, 2.75) is 31.7 Å². The molecule has 5 nitrogen and oxygen atoms in total. The quantitative estimate of drug-likeness (QED) is 0.878. The zero-order valence-corrected chi connectivity index (χ0v) is 11.8. The molecule has 0 bridgehead atoms. The lowest BCUT2D eigenvalue weighted by atomic mass is 9.82. The number of benzene rings is 1. The van der Waals surface area contributed by atoms with Gasteiger partial charge in [0.2, 0.25) is 5.91 Å². The number of hydrogen-bond donors (Lipinski definition) is 2. The number of carbonyl (C=O) groups is 3. The Kier molecular flexibility index (Phi) is 4.85. The second-order valence-electron chi connectivity index (χ2n) is 5.37. The van der Waals surface area contributed by atoms with E-state index in [9.17, 15) is 23.2 Å². The number of primary amides is 1. The highest BCUT2D eigenvalue weighted by molar-refractivity contribution is 5.97. The summed E-state index contributed by atoms with van der Waals surface area (Å²) in [5.41, 5.74) is 4.90. The molecule has 2 atom stereocenters. The van der Waals surface area contributed by atoms with E-state index < -0.39 is 35.4 Å². The summed E-state index contributed by atoms with van der Waals surface area (Å²) in [5.74, 6) is -3.87. The van der Waals surface area contributed by atoms with Gasteiger partial charge in [-0.2, -0.15) is 0 Å². The molecule has 0 aromatic heterocycles. The molecule has 22 heavy (non-hydrogen) atoms. The molecule has 7 heteroatoms. The van der Waals surface area contributed by atoms with E-state index in [2.05, 4.69) is 5.32 Å². The fraction of sp³-hybridized carbons (Fsp3) is 0.400. The van der Waals surface area contributed by atoms with Gasteiger partial charge in [0.1, 0.15) is 23.5 Å². The fourth-order valence-electron chi connectivity index (χ4n) is 2.66. The molecule has 1 aliphatic carbocycles. The number of amides is 2. The van der Waals surface area contributed by atoms with Gasteiger partial charge >= 0.3 is 0 Å². The van der Waals surface area contributed by atoms with Gasteiger partial charge in [-0.05, 0) is 30.9 Å². The van der Waals surface area contributed by atoms with Gasteiger partial charge in [0.25, 0.3) is 5.91 Å². The van der Waals surface area contributed by atoms with Crippen molar-refractivity contribution >= 4 is 17.6 Å². The third-order valence-corrected chi connectivity index (χ3v) is 3.76. The van der Waals surface area contributed by atoms with Crippen molar-refractivity contribution in [3.05, 3.63) is 35.4 Å². The van der Waals surface area contributed by atoms with Crippen molar-refractivity contribution in [3.8, 4) is 0 Å². The van der Waals surface area contributed by atoms with Crippen molar-refractivity contribution in [1.29, 1.82) is 0 Å². The third-order valence-electron chi connectivity index (χ3n) is 3.76. The number of hydrogen-bond acceptors (Lipinski definition) is 3. The smallest absolute Gasteiger partial charge is 0.254 e. The summed E-state index contributed by atoms with van der Waals surface area (Å²) in [6.07, 6.45) is 1.79. The molecule has 0 saturated heterocycles. The van der Waals surface area contributed by atoms with Crippen LogP contribution in [-0.2, 0) is 9.59 Å². The maximum atomic E-state index is 13.6. The van der Waals surface area contributed by atoms with E-state index in [1.165, 1.54) is 0 Å². The van der Waals surface area contributed by atoms with E-state index in [0.717, 1.165) is 12.1 Å². The lowest BCUT2D eigenvalue weighted by Crippen LogP contribution is -2.50. The van der Waals surface area contributed by atoms with Crippen molar-refractivity contribution < 1.29 is 23.2 Å². The van der Waals surface area contributed by atoms with Crippen molar-refractivity contribution in [1.82, 2.24) is 5.32 Å². The molecule has 118 valence electrons. The molecule has 2 rings (SSSR count). The first-order valence-electron chi connectivity index (χ1n) is 6.95. The van der Waals surface area contributed by atoms with Crippen LogP contribution in [0.2, 0.25) is 0 Å². The van der Waals surface area contributed by atoms with Crippen LogP contribution in [0.3, 0.4) is 0 Å². The Labute approximate surface area is 125 Å². The number of halogens is 2. The summed E-state index contributed by atoms with van der Waals surface area (Å²) in [4.78, 5) is 35.1. The molecule has 1 saturated carbocycles. The molecule has 3 N–H and O–H groups in total. The van der Waals surface area contributed by atoms with Gasteiger partial charge in [0, 0.05) is 18.9 Å². The molecular weight excluding hydrogens is 294 g/mol. The highest BCUT2D eigenvalue weighted by atomic mass is 19.1. The predicted molar refractivity (Wildman–Crippen MR) is 73.8 cm³/mol. The third kappa shape index (κ3) is 3.66. The molecule has 2 amide bonds. The largest absolute Gasteiger partial charge is 0.368 e. The number of Topliss-reactive ketones (excluding diaryl/α,β-unsaturated/α-hetero) is 1. The normalized spacial score (nSPS) is 19.5. The first-order valence-corrected chi connectivity index (χ1v) is 6.95. The Hall–Kier alpha value is -2.31. The standard InChI is InChI=1S/C15H16F2N2O3/c16-9-4-5-11(12(17)7-9)15(22)19-13(14(18)21)8-2-1-3-10(20)6-8/h4-5,7-8,13H,1-3,6H2,(H2,18,21)(H,19,22)/t8-,13+/m0/s1. The number of carbonyl (C=O) groups excluding carboxylic acids is 3. The topological polar surface area (TPSA) is 89.3 Å². The molecule has 0 unspecified atom stereocenters. The van der Waals surface area contributed by atoms with Gasteiger partial charge in [0.05, 0.1) is 5.56 Å². The Bertz CT molecular complexity index is 619. The first kappa shape index (κ1) is 16.1. The van der Waals surface area contributed by atoms with Gasteiger partial charge in [-0.25, -0.2) is 8.78 Å². The zero-order valence-electron chi connectivity index (χ0n) is 11.8. The van der Waals surface area contributed by atoms with Crippen molar-refractivity contribution in [2.24, 2.45) is 11.7 Å². The zero-order chi connectivity index (χ0) is 16.3. The molecule has 1 fully saturated rings. The van der Waals surface area contributed by atoms with E-state index in [0.29, 0.717) is 25.3 Å². The molecule has 1 aliphatic rings. The minimum absolute atomic E-state index is 0.00436. The summed E-state index contributed by atoms with van der Waals surface area (Å²) in [6, 6.07) is 1.46. The summed E-state index contributed by atoms with van der Waals surface area (Å²) < 4.78 is 26.4. The molecule has 0 spiro atoms. The van der Waals surface area contributed by atoms with Crippen molar-refractivity contribution in [2.75, 3.05) is 0 Å². The maximum absolute atomic E-state index is 13.6. The molecular formula is C15H16F2N2O3. The van der Waals surface area contributed by atoms with Crippen LogP contribution >= 0.6 is 0 Å². The highest BCUT2D eigenvalue weighted by Crippen LogP contribution is 2.24. The summed E-state index contributed by atoms with van der Waals surface area (Å²) >= 11 is 0. The Balaban J connectivity index is 2.15.